The van der Waals surface area contributed by atoms with E-state index in [4.69, 9.17) is 16.2 Å². The van der Waals surface area contributed by atoms with Crippen LogP contribution in [0.25, 0.3) is 0 Å². The number of ether oxygens (including phenoxy) is 1. The van der Waals surface area contributed by atoms with Gasteiger partial charge in [0.05, 0.1) is 12.2 Å². The molecule has 0 aliphatic heterocycles. The SMILES string of the molecule is CCC(N)CC(C)OC(C)CC(N)CC. The van der Waals surface area contributed by atoms with Gasteiger partial charge in [0.1, 0.15) is 0 Å². The zero-order valence-electron chi connectivity index (χ0n) is 10.7. The molecular weight excluding hydrogens is 188 g/mol. The Labute approximate surface area is 94.5 Å². The van der Waals surface area contributed by atoms with Crippen LogP contribution in [0.3, 0.4) is 0 Å². The van der Waals surface area contributed by atoms with Crippen LogP contribution in [0.4, 0.5) is 0 Å². The predicted octanol–water partition coefficient (Wildman–Crippen LogP) is 2.03. The first-order valence-corrected chi connectivity index (χ1v) is 6.16. The summed E-state index contributed by atoms with van der Waals surface area (Å²) in [5.41, 5.74) is 11.7. The second-order valence-corrected chi connectivity index (χ2v) is 4.57. The summed E-state index contributed by atoms with van der Waals surface area (Å²) in [6, 6.07) is 0.513. The molecule has 0 fully saturated rings. The second kappa shape index (κ2) is 8.08. The molecule has 4 N–H and O–H groups in total. The second-order valence-electron chi connectivity index (χ2n) is 4.57. The third-order valence-corrected chi connectivity index (χ3v) is 2.78. The fourth-order valence-electron chi connectivity index (χ4n) is 1.69. The summed E-state index contributed by atoms with van der Waals surface area (Å²) in [5.74, 6) is 0. The molecule has 3 nitrogen and oxygen atoms in total. The van der Waals surface area contributed by atoms with Crippen molar-refractivity contribution in [3.8, 4) is 0 Å². The van der Waals surface area contributed by atoms with Crippen LogP contribution < -0.4 is 11.5 Å². The van der Waals surface area contributed by atoms with Crippen molar-refractivity contribution >= 4 is 0 Å². The van der Waals surface area contributed by atoms with Gasteiger partial charge >= 0.3 is 0 Å². The summed E-state index contributed by atoms with van der Waals surface area (Å²) in [7, 11) is 0. The number of nitrogens with two attached hydrogens (primary N) is 2. The van der Waals surface area contributed by atoms with Crippen LogP contribution in [0.1, 0.15) is 53.4 Å². The zero-order valence-corrected chi connectivity index (χ0v) is 10.7. The van der Waals surface area contributed by atoms with E-state index in [0.29, 0.717) is 0 Å². The van der Waals surface area contributed by atoms with E-state index >= 15 is 0 Å². The summed E-state index contributed by atoms with van der Waals surface area (Å²) >= 11 is 0. The monoisotopic (exact) mass is 216 g/mol. The maximum absolute atomic E-state index is 5.87. The third-order valence-electron chi connectivity index (χ3n) is 2.78. The third kappa shape index (κ3) is 7.77. The highest BCUT2D eigenvalue weighted by molar-refractivity contribution is 4.68. The average Bonchev–Trinajstić information content (AvgIpc) is 2.16. The van der Waals surface area contributed by atoms with Gasteiger partial charge in [0.2, 0.25) is 0 Å². The van der Waals surface area contributed by atoms with Crippen LogP contribution in [0, 0.1) is 0 Å². The molecule has 0 saturated carbocycles. The molecule has 0 radical (unpaired) electrons. The van der Waals surface area contributed by atoms with E-state index < -0.39 is 0 Å². The van der Waals surface area contributed by atoms with E-state index in [1.165, 1.54) is 0 Å². The Balaban J connectivity index is 3.70. The molecule has 0 bridgehead atoms. The van der Waals surface area contributed by atoms with Gasteiger partial charge in [0, 0.05) is 12.1 Å². The maximum atomic E-state index is 5.87. The number of hydrogen-bond donors (Lipinski definition) is 2. The lowest BCUT2D eigenvalue weighted by molar-refractivity contribution is -0.00633. The van der Waals surface area contributed by atoms with E-state index in [-0.39, 0.29) is 24.3 Å². The van der Waals surface area contributed by atoms with Crippen LogP contribution in [-0.2, 0) is 4.74 Å². The lowest BCUT2D eigenvalue weighted by Crippen LogP contribution is -2.30. The first-order chi connectivity index (χ1) is 6.99. The fraction of sp³-hybridized carbons (Fsp3) is 1.00. The average molecular weight is 216 g/mol. The molecule has 0 aliphatic carbocycles. The number of rotatable bonds is 8. The smallest absolute Gasteiger partial charge is 0.0565 e. The Kier molecular flexibility index (Phi) is 8.02. The molecule has 0 aromatic heterocycles. The summed E-state index contributed by atoms with van der Waals surface area (Å²) in [6.07, 6.45) is 4.36. The Morgan fingerprint density at radius 2 is 1.20 bits per heavy atom. The lowest BCUT2D eigenvalue weighted by atomic mass is 10.1. The first-order valence-electron chi connectivity index (χ1n) is 6.16. The molecule has 4 unspecified atom stereocenters. The molecule has 15 heavy (non-hydrogen) atoms. The Bertz CT molecular complexity index is 137. The van der Waals surface area contributed by atoms with E-state index in [1.54, 1.807) is 0 Å². The van der Waals surface area contributed by atoms with Crippen LogP contribution in [-0.4, -0.2) is 24.3 Å². The van der Waals surface area contributed by atoms with Crippen LogP contribution in [0.5, 0.6) is 0 Å². The molecule has 0 saturated heterocycles. The number of hydrogen-bond acceptors (Lipinski definition) is 3. The molecule has 0 rings (SSSR count). The topological polar surface area (TPSA) is 61.3 Å². The minimum absolute atomic E-state index is 0.235. The minimum Gasteiger partial charge on any atom is -0.375 e. The van der Waals surface area contributed by atoms with Crippen LogP contribution >= 0.6 is 0 Å². The van der Waals surface area contributed by atoms with Gasteiger partial charge in [-0.05, 0) is 39.5 Å². The molecule has 0 amide bonds. The van der Waals surface area contributed by atoms with E-state index in [9.17, 15) is 0 Å². The van der Waals surface area contributed by atoms with E-state index in [1.807, 2.05) is 0 Å². The Hall–Kier alpha value is -0.120. The van der Waals surface area contributed by atoms with E-state index in [2.05, 4.69) is 27.7 Å². The van der Waals surface area contributed by atoms with Gasteiger partial charge in [-0.3, -0.25) is 0 Å². The molecule has 3 heteroatoms. The predicted molar refractivity (Wildman–Crippen MR) is 65.8 cm³/mol. The molecule has 0 aromatic rings. The van der Waals surface area contributed by atoms with Gasteiger partial charge in [-0.25, -0.2) is 0 Å². The van der Waals surface area contributed by atoms with Gasteiger partial charge in [-0.15, -0.1) is 0 Å². The first kappa shape index (κ1) is 14.9. The standard InChI is InChI=1S/C12H28N2O/c1-5-11(13)7-9(3)15-10(4)8-12(14)6-2/h9-12H,5-8,13-14H2,1-4H3. The van der Waals surface area contributed by atoms with Crippen molar-refractivity contribution < 1.29 is 4.74 Å². The quantitative estimate of drug-likeness (QED) is 0.652. The van der Waals surface area contributed by atoms with Crippen molar-refractivity contribution in [3.05, 3.63) is 0 Å². The van der Waals surface area contributed by atoms with Crippen molar-refractivity contribution in [2.75, 3.05) is 0 Å². The van der Waals surface area contributed by atoms with Crippen molar-refractivity contribution in [2.45, 2.75) is 77.7 Å². The summed E-state index contributed by atoms with van der Waals surface area (Å²) in [5, 5.41) is 0. The molecule has 0 spiro atoms. The Morgan fingerprint density at radius 1 is 0.867 bits per heavy atom. The fourth-order valence-corrected chi connectivity index (χ4v) is 1.69. The highest BCUT2D eigenvalue weighted by Gasteiger charge is 2.13. The Morgan fingerprint density at radius 3 is 1.47 bits per heavy atom. The largest absolute Gasteiger partial charge is 0.375 e. The van der Waals surface area contributed by atoms with Crippen LogP contribution in [0.2, 0.25) is 0 Å². The van der Waals surface area contributed by atoms with Gasteiger partial charge in [0.25, 0.3) is 0 Å². The van der Waals surface area contributed by atoms with Crippen molar-refractivity contribution in [1.29, 1.82) is 0 Å². The van der Waals surface area contributed by atoms with E-state index in [0.717, 1.165) is 25.7 Å². The van der Waals surface area contributed by atoms with Crippen molar-refractivity contribution in [2.24, 2.45) is 11.5 Å². The highest BCUT2D eigenvalue weighted by atomic mass is 16.5. The molecule has 0 aliphatic rings. The van der Waals surface area contributed by atoms with Gasteiger partial charge in [-0.1, -0.05) is 13.8 Å². The van der Waals surface area contributed by atoms with Crippen molar-refractivity contribution in [1.82, 2.24) is 0 Å². The zero-order chi connectivity index (χ0) is 11.8. The van der Waals surface area contributed by atoms with Crippen molar-refractivity contribution in [3.63, 3.8) is 0 Å². The molecule has 92 valence electrons. The lowest BCUT2D eigenvalue weighted by Gasteiger charge is -2.23. The molecular formula is C12H28N2O. The molecule has 4 atom stereocenters. The van der Waals surface area contributed by atoms with Gasteiger partial charge in [0.15, 0.2) is 0 Å². The van der Waals surface area contributed by atoms with Gasteiger partial charge < -0.3 is 16.2 Å². The molecule has 0 heterocycles. The normalized spacial score (nSPS) is 19.6. The summed E-state index contributed by atoms with van der Waals surface area (Å²) < 4.78 is 5.84. The summed E-state index contributed by atoms with van der Waals surface area (Å²) in [6.45, 7) is 8.38. The maximum Gasteiger partial charge on any atom is 0.0565 e. The highest BCUT2D eigenvalue weighted by Crippen LogP contribution is 2.10. The summed E-state index contributed by atoms with van der Waals surface area (Å²) in [4.78, 5) is 0. The van der Waals surface area contributed by atoms with Crippen LogP contribution in [0.15, 0.2) is 0 Å². The minimum atomic E-state index is 0.235. The molecule has 0 aromatic carbocycles. The van der Waals surface area contributed by atoms with Gasteiger partial charge in [-0.2, -0.15) is 0 Å².